The first-order valence-electron chi connectivity index (χ1n) is 7.75. The molecule has 0 spiro atoms. The second-order valence-corrected chi connectivity index (χ2v) is 5.83. The van der Waals surface area contributed by atoms with Crippen LogP contribution >= 0.6 is 0 Å². The van der Waals surface area contributed by atoms with E-state index in [9.17, 15) is 9.59 Å². The predicted octanol–water partition coefficient (Wildman–Crippen LogP) is 1.98. The van der Waals surface area contributed by atoms with Gasteiger partial charge in [0.05, 0.1) is 17.0 Å². The van der Waals surface area contributed by atoms with Crippen molar-refractivity contribution in [2.45, 2.75) is 25.3 Å². The van der Waals surface area contributed by atoms with Crippen LogP contribution in [0.25, 0.3) is 11.0 Å². The number of nitrogens with one attached hydrogen (secondary N) is 2. The van der Waals surface area contributed by atoms with E-state index in [1.165, 1.54) is 6.08 Å². The number of aryl methyl sites for hydroxylation is 1. The van der Waals surface area contributed by atoms with Gasteiger partial charge in [0.2, 0.25) is 17.8 Å². The quantitative estimate of drug-likeness (QED) is 0.848. The molecule has 0 radical (unpaired) electrons. The highest BCUT2D eigenvalue weighted by Crippen LogP contribution is 2.27. The fourth-order valence-corrected chi connectivity index (χ4v) is 3.15. The summed E-state index contributed by atoms with van der Waals surface area (Å²) in [6.45, 7) is 3.45. The van der Waals surface area contributed by atoms with Crippen LogP contribution in [0, 0.1) is 5.92 Å². The van der Waals surface area contributed by atoms with Gasteiger partial charge in [0, 0.05) is 13.1 Å². The lowest BCUT2D eigenvalue weighted by atomic mass is 10.0. The molecule has 3 rings (SSSR count). The number of nitrogens with zero attached hydrogens (tertiary/aromatic N) is 2. The second-order valence-electron chi connectivity index (χ2n) is 5.83. The fraction of sp³-hybridized carbons (Fsp3) is 0.353. The van der Waals surface area contributed by atoms with Gasteiger partial charge in [-0.1, -0.05) is 25.1 Å². The molecule has 0 aliphatic heterocycles. The van der Waals surface area contributed by atoms with Crippen molar-refractivity contribution in [1.29, 1.82) is 0 Å². The number of anilines is 1. The zero-order valence-electron chi connectivity index (χ0n) is 13.1. The first-order valence-corrected chi connectivity index (χ1v) is 7.75. The van der Waals surface area contributed by atoms with Gasteiger partial charge in [0.25, 0.3) is 0 Å². The van der Waals surface area contributed by atoms with Crippen LogP contribution < -0.4 is 10.6 Å². The van der Waals surface area contributed by atoms with E-state index in [-0.39, 0.29) is 23.8 Å². The summed E-state index contributed by atoms with van der Waals surface area (Å²) in [5.74, 6) is -0.0525. The molecule has 0 saturated heterocycles. The van der Waals surface area contributed by atoms with Crippen LogP contribution in [0.4, 0.5) is 5.95 Å². The smallest absolute Gasteiger partial charge is 0.243 e. The van der Waals surface area contributed by atoms with Gasteiger partial charge in [0.1, 0.15) is 0 Å². The standard InChI is InChI=1S/C17H20N4O2/c1-3-15(22)18-12-9-6-7-11(12)16(23)20-17-19-13-8-4-5-10-14(13)21(17)2/h3-5,8,10-12H,1,6-7,9H2,2H3,(H,18,22)(H,19,20,23)/t11-,12-/m1/s1. The molecule has 1 aliphatic carbocycles. The van der Waals surface area contributed by atoms with E-state index >= 15 is 0 Å². The minimum absolute atomic E-state index is 0.102. The Morgan fingerprint density at radius 1 is 1.35 bits per heavy atom. The van der Waals surface area contributed by atoms with Crippen LogP contribution in [-0.2, 0) is 16.6 Å². The molecule has 120 valence electrons. The highest BCUT2D eigenvalue weighted by Gasteiger charge is 2.34. The number of aromatic nitrogens is 2. The molecule has 6 nitrogen and oxygen atoms in total. The van der Waals surface area contributed by atoms with Crippen LogP contribution in [0.15, 0.2) is 36.9 Å². The maximum Gasteiger partial charge on any atom is 0.243 e. The second kappa shape index (κ2) is 6.24. The average Bonchev–Trinajstić information content (AvgIpc) is 3.13. The first-order chi connectivity index (χ1) is 11.1. The van der Waals surface area contributed by atoms with Crippen molar-refractivity contribution in [2.75, 3.05) is 5.32 Å². The molecule has 1 aliphatic rings. The summed E-state index contributed by atoms with van der Waals surface area (Å²) >= 11 is 0. The van der Waals surface area contributed by atoms with Gasteiger partial charge in [-0.2, -0.15) is 0 Å². The van der Waals surface area contributed by atoms with Gasteiger partial charge in [-0.3, -0.25) is 14.9 Å². The maximum atomic E-state index is 12.6. The number of benzene rings is 1. The summed E-state index contributed by atoms with van der Waals surface area (Å²) in [4.78, 5) is 28.5. The van der Waals surface area contributed by atoms with E-state index in [0.29, 0.717) is 5.95 Å². The van der Waals surface area contributed by atoms with Gasteiger partial charge in [-0.05, 0) is 31.1 Å². The van der Waals surface area contributed by atoms with Crippen molar-refractivity contribution in [3.05, 3.63) is 36.9 Å². The molecule has 1 saturated carbocycles. The van der Waals surface area contributed by atoms with Crippen LogP contribution in [0.1, 0.15) is 19.3 Å². The van der Waals surface area contributed by atoms with Crippen molar-refractivity contribution in [1.82, 2.24) is 14.9 Å². The lowest BCUT2D eigenvalue weighted by molar-refractivity contribution is -0.121. The summed E-state index contributed by atoms with van der Waals surface area (Å²) in [6, 6.07) is 7.58. The normalized spacial score (nSPS) is 20.4. The molecule has 1 fully saturated rings. The highest BCUT2D eigenvalue weighted by atomic mass is 16.2. The summed E-state index contributed by atoms with van der Waals surface area (Å²) < 4.78 is 1.86. The van der Waals surface area contributed by atoms with Crippen LogP contribution in [0.3, 0.4) is 0 Å². The maximum absolute atomic E-state index is 12.6. The lowest BCUT2D eigenvalue weighted by Gasteiger charge is -2.19. The Hall–Kier alpha value is -2.63. The average molecular weight is 312 g/mol. The zero-order valence-corrected chi connectivity index (χ0v) is 13.1. The third-order valence-corrected chi connectivity index (χ3v) is 4.39. The monoisotopic (exact) mass is 312 g/mol. The van der Waals surface area contributed by atoms with Gasteiger partial charge < -0.3 is 9.88 Å². The van der Waals surface area contributed by atoms with Crippen molar-refractivity contribution < 1.29 is 9.59 Å². The molecule has 1 aromatic heterocycles. The fourth-order valence-electron chi connectivity index (χ4n) is 3.15. The molecule has 2 atom stereocenters. The largest absolute Gasteiger partial charge is 0.349 e. The van der Waals surface area contributed by atoms with E-state index in [1.807, 2.05) is 35.9 Å². The molecular weight excluding hydrogens is 292 g/mol. The molecule has 1 aromatic carbocycles. The Morgan fingerprint density at radius 3 is 2.87 bits per heavy atom. The number of imidazole rings is 1. The van der Waals surface area contributed by atoms with Crippen molar-refractivity contribution in [3.63, 3.8) is 0 Å². The van der Waals surface area contributed by atoms with E-state index in [1.54, 1.807) is 0 Å². The third-order valence-electron chi connectivity index (χ3n) is 4.39. The molecular formula is C17H20N4O2. The molecule has 6 heteroatoms. The predicted molar refractivity (Wildman–Crippen MR) is 88.8 cm³/mol. The highest BCUT2D eigenvalue weighted by molar-refractivity contribution is 5.94. The molecule has 23 heavy (non-hydrogen) atoms. The van der Waals surface area contributed by atoms with E-state index in [0.717, 1.165) is 30.3 Å². The van der Waals surface area contributed by atoms with Gasteiger partial charge in [-0.25, -0.2) is 4.98 Å². The Kier molecular flexibility index (Phi) is 4.14. The molecule has 2 N–H and O–H groups in total. The van der Waals surface area contributed by atoms with Gasteiger partial charge in [0.15, 0.2) is 0 Å². The number of hydrogen-bond donors (Lipinski definition) is 2. The Balaban J connectivity index is 1.76. The topological polar surface area (TPSA) is 76.0 Å². The van der Waals surface area contributed by atoms with Crippen LogP contribution in [0.2, 0.25) is 0 Å². The Labute approximate surface area is 134 Å². The summed E-state index contributed by atoms with van der Waals surface area (Å²) in [5.41, 5.74) is 1.80. The number of carbonyl (C=O) groups is 2. The molecule has 2 aromatic rings. The molecule has 1 heterocycles. The zero-order chi connectivity index (χ0) is 16.4. The number of amides is 2. The molecule has 2 amide bonds. The lowest BCUT2D eigenvalue weighted by Crippen LogP contribution is -2.41. The minimum Gasteiger partial charge on any atom is -0.349 e. The SMILES string of the molecule is C=CC(=O)N[C@@H]1CCC[C@H]1C(=O)Nc1nc2ccccc2n1C. The van der Waals surface area contributed by atoms with E-state index in [4.69, 9.17) is 0 Å². The first kappa shape index (κ1) is 15.3. The number of rotatable bonds is 4. The van der Waals surface area contributed by atoms with Crippen molar-refractivity contribution >= 4 is 28.8 Å². The van der Waals surface area contributed by atoms with E-state index in [2.05, 4.69) is 22.2 Å². The number of para-hydroxylation sites is 2. The Bertz CT molecular complexity index is 765. The summed E-state index contributed by atoms with van der Waals surface area (Å²) in [5, 5.41) is 5.74. The van der Waals surface area contributed by atoms with Crippen LogP contribution in [0.5, 0.6) is 0 Å². The molecule has 0 bridgehead atoms. The molecule has 0 unspecified atom stereocenters. The summed E-state index contributed by atoms with van der Waals surface area (Å²) in [7, 11) is 1.87. The van der Waals surface area contributed by atoms with E-state index < -0.39 is 0 Å². The Morgan fingerprint density at radius 2 is 2.13 bits per heavy atom. The van der Waals surface area contributed by atoms with Crippen molar-refractivity contribution in [3.8, 4) is 0 Å². The van der Waals surface area contributed by atoms with Crippen molar-refractivity contribution in [2.24, 2.45) is 13.0 Å². The third kappa shape index (κ3) is 2.97. The number of fused-ring (bicyclic) bond motifs is 1. The summed E-state index contributed by atoms with van der Waals surface area (Å²) in [6.07, 6.45) is 3.72. The number of carbonyl (C=O) groups excluding carboxylic acids is 2. The van der Waals surface area contributed by atoms with Gasteiger partial charge in [-0.15, -0.1) is 0 Å². The minimum atomic E-state index is -0.238. The number of hydrogen-bond acceptors (Lipinski definition) is 3. The van der Waals surface area contributed by atoms with Gasteiger partial charge >= 0.3 is 0 Å². The van der Waals surface area contributed by atoms with Crippen LogP contribution in [-0.4, -0.2) is 27.4 Å².